The second kappa shape index (κ2) is 9.26. The third-order valence-corrected chi connectivity index (χ3v) is 6.88. The molecule has 0 bridgehead atoms. The highest BCUT2D eigenvalue weighted by molar-refractivity contribution is 7.14. The lowest BCUT2D eigenvalue weighted by molar-refractivity contribution is -0.146. The van der Waals surface area contributed by atoms with E-state index in [2.05, 4.69) is 0 Å². The summed E-state index contributed by atoms with van der Waals surface area (Å²) in [5.74, 6) is 0.236. The number of carbonyl (C=O) groups excluding carboxylic acids is 2. The van der Waals surface area contributed by atoms with E-state index in [0.717, 1.165) is 40.0 Å². The van der Waals surface area contributed by atoms with Crippen LogP contribution >= 0.6 is 11.3 Å². The van der Waals surface area contributed by atoms with Crippen LogP contribution in [0.25, 0.3) is 21.6 Å². The van der Waals surface area contributed by atoms with Gasteiger partial charge in [0.25, 0.3) is 0 Å². The van der Waals surface area contributed by atoms with Gasteiger partial charge >= 0.3 is 11.9 Å². The van der Waals surface area contributed by atoms with E-state index in [4.69, 9.17) is 14.2 Å². The molecule has 4 rings (SSSR count). The summed E-state index contributed by atoms with van der Waals surface area (Å²) < 4.78 is 16.6. The zero-order chi connectivity index (χ0) is 24.5. The first kappa shape index (κ1) is 24.0. The highest BCUT2D eigenvalue weighted by Gasteiger charge is 2.52. The van der Waals surface area contributed by atoms with Crippen molar-refractivity contribution in [2.75, 3.05) is 13.7 Å². The highest BCUT2D eigenvalue weighted by Crippen LogP contribution is 2.49. The monoisotopic (exact) mass is 478 g/mol. The standard InChI is InChI=1S/C28H30O5S/c1-6-32-26(30)28(14-15-28)20-10-7-18(8-11-20)21-12-9-19(17-23(21)31-5)24-22(13-16-34-24)25(29)33-27(2,3)4/h7-13,16-17H,6,14-15H2,1-5H3. The number of esters is 2. The van der Waals surface area contributed by atoms with Gasteiger partial charge in [-0.2, -0.15) is 0 Å². The summed E-state index contributed by atoms with van der Waals surface area (Å²) in [6.07, 6.45) is 1.65. The van der Waals surface area contributed by atoms with E-state index < -0.39 is 11.0 Å². The lowest BCUT2D eigenvalue weighted by Gasteiger charge is -2.19. The van der Waals surface area contributed by atoms with Gasteiger partial charge in [0, 0.05) is 10.4 Å². The minimum absolute atomic E-state index is 0.138. The van der Waals surface area contributed by atoms with Crippen LogP contribution < -0.4 is 4.74 Å². The van der Waals surface area contributed by atoms with Crippen molar-refractivity contribution in [3.63, 3.8) is 0 Å². The molecule has 1 aliphatic rings. The smallest absolute Gasteiger partial charge is 0.340 e. The van der Waals surface area contributed by atoms with Crippen molar-refractivity contribution >= 4 is 23.3 Å². The fraction of sp³-hybridized carbons (Fsp3) is 0.357. The van der Waals surface area contributed by atoms with Gasteiger partial charge in [0.2, 0.25) is 0 Å². The van der Waals surface area contributed by atoms with Crippen molar-refractivity contribution in [1.82, 2.24) is 0 Å². The Morgan fingerprint density at radius 2 is 1.68 bits per heavy atom. The van der Waals surface area contributed by atoms with E-state index in [-0.39, 0.29) is 11.9 Å². The quantitative estimate of drug-likeness (QED) is 0.356. The van der Waals surface area contributed by atoms with Gasteiger partial charge in [-0.25, -0.2) is 4.79 Å². The fourth-order valence-corrected chi connectivity index (χ4v) is 4.95. The largest absolute Gasteiger partial charge is 0.496 e. The van der Waals surface area contributed by atoms with E-state index in [0.29, 0.717) is 17.9 Å². The van der Waals surface area contributed by atoms with Crippen LogP contribution in [-0.2, 0) is 19.7 Å². The van der Waals surface area contributed by atoms with Crippen LogP contribution in [0.5, 0.6) is 5.75 Å². The second-order valence-electron chi connectivity index (χ2n) is 9.46. The summed E-state index contributed by atoms with van der Waals surface area (Å²) in [7, 11) is 1.64. The Morgan fingerprint density at radius 1 is 1.00 bits per heavy atom. The van der Waals surface area contributed by atoms with E-state index in [1.54, 1.807) is 13.2 Å². The molecule has 1 fully saturated rings. The SMILES string of the molecule is CCOC(=O)C1(c2ccc(-c3ccc(-c4sccc4C(=O)OC(C)(C)C)cc3OC)cc2)CC1. The van der Waals surface area contributed by atoms with Crippen LogP contribution in [0, 0.1) is 0 Å². The third-order valence-electron chi connectivity index (χ3n) is 5.91. The van der Waals surface area contributed by atoms with E-state index in [1.807, 2.05) is 75.5 Å². The molecule has 5 nitrogen and oxygen atoms in total. The molecule has 0 atom stereocenters. The number of ether oxygens (including phenoxy) is 3. The number of thiophene rings is 1. The molecule has 0 spiro atoms. The molecule has 1 aromatic heterocycles. The molecule has 0 unspecified atom stereocenters. The summed E-state index contributed by atoms with van der Waals surface area (Å²) in [6, 6.07) is 15.8. The predicted octanol–water partition coefficient (Wildman–Crippen LogP) is 6.64. The van der Waals surface area contributed by atoms with E-state index in [9.17, 15) is 9.59 Å². The fourth-order valence-electron chi connectivity index (χ4n) is 4.07. The molecule has 178 valence electrons. The van der Waals surface area contributed by atoms with Crippen LogP contribution in [0.3, 0.4) is 0 Å². The van der Waals surface area contributed by atoms with Gasteiger partial charge in [0.05, 0.1) is 24.7 Å². The van der Waals surface area contributed by atoms with Crippen molar-refractivity contribution in [2.45, 2.75) is 51.6 Å². The van der Waals surface area contributed by atoms with Crippen LogP contribution in [0.1, 0.15) is 56.5 Å². The molecule has 34 heavy (non-hydrogen) atoms. The molecular weight excluding hydrogens is 448 g/mol. The van der Waals surface area contributed by atoms with Gasteiger partial charge in [-0.3, -0.25) is 4.79 Å². The molecule has 0 saturated heterocycles. The molecule has 1 saturated carbocycles. The summed E-state index contributed by atoms with van der Waals surface area (Å²) in [5.41, 5.74) is 3.32. The Balaban J connectivity index is 1.62. The van der Waals surface area contributed by atoms with E-state index in [1.165, 1.54) is 11.3 Å². The van der Waals surface area contributed by atoms with Gasteiger partial charge in [-0.15, -0.1) is 11.3 Å². The minimum atomic E-state index is -0.559. The number of hydrogen-bond donors (Lipinski definition) is 0. The molecular formula is C28H30O5S. The Hall–Kier alpha value is -3.12. The Morgan fingerprint density at radius 3 is 2.26 bits per heavy atom. The molecule has 2 aromatic carbocycles. The highest BCUT2D eigenvalue weighted by atomic mass is 32.1. The zero-order valence-corrected chi connectivity index (χ0v) is 21.1. The van der Waals surface area contributed by atoms with Crippen LogP contribution in [0.4, 0.5) is 0 Å². The first-order chi connectivity index (χ1) is 16.2. The van der Waals surface area contributed by atoms with Crippen molar-refractivity contribution in [1.29, 1.82) is 0 Å². The maximum absolute atomic E-state index is 12.7. The van der Waals surface area contributed by atoms with Crippen molar-refractivity contribution in [3.8, 4) is 27.3 Å². The Bertz CT molecular complexity index is 1200. The average Bonchev–Trinajstić information content (AvgIpc) is 3.47. The predicted molar refractivity (Wildman–Crippen MR) is 134 cm³/mol. The maximum atomic E-state index is 12.7. The molecule has 1 aliphatic carbocycles. The molecule has 3 aromatic rings. The topological polar surface area (TPSA) is 61.8 Å². The zero-order valence-electron chi connectivity index (χ0n) is 20.3. The number of benzene rings is 2. The molecule has 0 radical (unpaired) electrons. The summed E-state index contributed by atoms with van der Waals surface area (Å²) in [5, 5.41) is 1.89. The summed E-state index contributed by atoms with van der Waals surface area (Å²) in [4.78, 5) is 25.9. The third kappa shape index (κ3) is 4.73. The lowest BCUT2D eigenvalue weighted by Crippen LogP contribution is -2.23. The molecule has 0 aliphatic heterocycles. The molecule has 6 heteroatoms. The number of methoxy groups -OCH3 is 1. The average molecular weight is 479 g/mol. The van der Waals surface area contributed by atoms with E-state index >= 15 is 0 Å². The van der Waals surface area contributed by atoms with Gasteiger partial charge in [-0.05, 0) is 74.7 Å². The lowest BCUT2D eigenvalue weighted by atomic mass is 9.93. The summed E-state index contributed by atoms with van der Waals surface area (Å²) >= 11 is 1.50. The Kier molecular flexibility index (Phi) is 6.54. The second-order valence-corrected chi connectivity index (χ2v) is 10.4. The van der Waals surface area contributed by atoms with Crippen molar-refractivity contribution in [3.05, 3.63) is 65.0 Å². The first-order valence-corrected chi connectivity index (χ1v) is 12.3. The number of rotatable bonds is 7. The molecule has 0 N–H and O–H groups in total. The van der Waals surface area contributed by atoms with Crippen LogP contribution in [0.2, 0.25) is 0 Å². The first-order valence-electron chi connectivity index (χ1n) is 11.5. The van der Waals surface area contributed by atoms with Crippen molar-refractivity contribution < 1.29 is 23.8 Å². The molecule has 0 amide bonds. The maximum Gasteiger partial charge on any atom is 0.340 e. The normalized spacial score (nSPS) is 14.4. The Labute approximate surface area is 204 Å². The van der Waals surface area contributed by atoms with Crippen molar-refractivity contribution in [2.24, 2.45) is 0 Å². The minimum Gasteiger partial charge on any atom is -0.496 e. The van der Waals surface area contributed by atoms with Gasteiger partial charge in [-0.1, -0.05) is 36.4 Å². The van der Waals surface area contributed by atoms with Gasteiger partial charge in [0.15, 0.2) is 0 Å². The van der Waals surface area contributed by atoms with Crippen LogP contribution in [-0.4, -0.2) is 31.3 Å². The number of hydrogen-bond acceptors (Lipinski definition) is 6. The molecule has 1 heterocycles. The summed E-state index contributed by atoms with van der Waals surface area (Å²) in [6.45, 7) is 7.80. The van der Waals surface area contributed by atoms with Crippen LogP contribution in [0.15, 0.2) is 53.9 Å². The van der Waals surface area contributed by atoms with Gasteiger partial charge in [0.1, 0.15) is 11.4 Å². The van der Waals surface area contributed by atoms with Gasteiger partial charge < -0.3 is 14.2 Å². The number of carbonyl (C=O) groups is 2.